The number of aliphatic carboxylic acids is 1. The van der Waals surface area contributed by atoms with Crippen molar-refractivity contribution in [2.45, 2.75) is 24.8 Å². The van der Waals surface area contributed by atoms with Crippen molar-refractivity contribution in [3.05, 3.63) is 24.3 Å². The summed E-state index contributed by atoms with van der Waals surface area (Å²) in [5.41, 5.74) is 0. The molecule has 0 bridgehead atoms. The minimum atomic E-state index is -3.64. The number of carboxylic acid groups (broad SMARTS) is 1. The third-order valence-corrected chi connectivity index (χ3v) is 4.03. The molecule has 0 fully saturated rings. The molecule has 0 spiro atoms. The predicted molar refractivity (Wildman–Crippen MR) is 75.8 cm³/mol. The Bertz CT molecular complexity index is 555. The van der Waals surface area contributed by atoms with E-state index in [1.165, 1.54) is 19.1 Å². The van der Waals surface area contributed by atoms with Gasteiger partial charge < -0.3 is 14.6 Å². The van der Waals surface area contributed by atoms with E-state index in [1.807, 2.05) is 6.92 Å². The molecule has 0 saturated heterocycles. The van der Waals surface area contributed by atoms with Gasteiger partial charge in [0, 0.05) is 6.54 Å². The third-order valence-electron chi connectivity index (χ3n) is 2.55. The second kappa shape index (κ2) is 7.96. The van der Waals surface area contributed by atoms with Crippen LogP contribution in [0, 0.1) is 0 Å². The van der Waals surface area contributed by atoms with Crippen LogP contribution in [0.25, 0.3) is 0 Å². The molecule has 1 atom stereocenters. The summed E-state index contributed by atoms with van der Waals surface area (Å²) in [5.74, 6) is -0.501. The van der Waals surface area contributed by atoms with E-state index in [-0.39, 0.29) is 18.0 Å². The van der Waals surface area contributed by atoms with Crippen LogP contribution >= 0.6 is 0 Å². The van der Waals surface area contributed by atoms with E-state index < -0.39 is 22.1 Å². The summed E-state index contributed by atoms with van der Waals surface area (Å²) < 4.78 is 36.4. The average Bonchev–Trinajstić information content (AvgIpc) is 2.44. The number of rotatable bonds is 9. The summed E-state index contributed by atoms with van der Waals surface area (Å²) in [7, 11) is -3.64. The topological polar surface area (TPSA) is 102 Å². The molecule has 21 heavy (non-hydrogen) atoms. The van der Waals surface area contributed by atoms with Gasteiger partial charge in [-0.15, -0.1) is 0 Å². The lowest BCUT2D eigenvalue weighted by molar-refractivity contribution is -0.148. The van der Waals surface area contributed by atoms with E-state index in [1.54, 1.807) is 12.1 Å². The molecule has 0 aromatic heterocycles. The molecule has 2 N–H and O–H groups in total. The Morgan fingerprint density at radius 2 is 1.95 bits per heavy atom. The van der Waals surface area contributed by atoms with Crippen LogP contribution in [0.3, 0.4) is 0 Å². The van der Waals surface area contributed by atoms with Crippen molar-refractivity contribution in [3.63, 3.8) is 0 Å². The monoisotopic (exact) mass is 317 g/mol. The van der Waals surface area contributed by atoms with Gasteiger partial charge in [-0.1, -0.05) is 0 Å². The molecule has 0 radical (unpaired) electrons. The van der Waals surface area contributed by atoms with Crippen LogP contribution in [0.4, 0.5) is 0 Å². The maximum absolute atomic E-state index is 12.0. The predicted octanol–water partition coefficient (Wildman–Crippen LogP) is 0.853. The van der Waals surface area contributed by atoms with Crippen molar-refractivity contribution in [2.75, 3.05) is 19.8 Å². The highest BCUT2D eigenvalue weighted by atomic mass is 32.2. The first-order valence-electron chi connectivity index (χ1n) is 6.43. The van der Waals surface area contributed by atoms with Crippen LogP contribution in [0.5, 0.6) is 5.75 Å². The molecule has 0 saturated carbocycles. The Balaban J connectivity index is 2.51. The van der Waals surface area contributed by atoms with Gasteiger partial charge in [-0.2, -0.15) is 0 Å². The Hall–Kier alpha value is -1.64. The zero-order valence-electron chi connectivity index (χ0n) is 11.9. The van der Waals surface area contributed by atoms with Crippen LogP contribution in [0.1, 0.15) is 13.8 Å². The largest absolute Gasteiger partial charge is 0.494 e. The highest BCUT2D eigenvalue weighted by Gasteiger charge is 2.15. The zero-order valence-corrected chi connectivity index (χ0v) is 12.7. The van der Waals surface area contributed by atoms with E-state index in [2.05, 4.69) is 4.72 Å². The Kier molecular flexibility index (Phi) is 6.60. The van der Waals surface area contributed by atoms with Crippen LogP contribution < -0.4 is 9.46 Å². The number of benzene rings is 1. The van der Waals surface area contributed by atoms with Crippen molar-refractivity contribution >= 4 is 16.0 Å². The lowest BCUT2D eigenvalue weighted by Gasteiger charge is -2.10. The van der Waals surface area contributed by atoms with Crippen molar-refractivity contribution < 1.29 is 27.8 Å². The normalized spacial score (nSPS) is 12.9. The molecule has 0 amide bonds. The van der Waals surface area contributed by atoms with Gasteiger partial charge in [0.15, 0.2) is 6.10 Å². The number of nitrogens with one attached hydrogen (secondary N) is 1. The minimum Gasteiger partial charge on any atom is -0.494 e. The van der Waals surface area contributed by atoms with E-state index in [9.17, 15) is 13.2 Å². The summed E-state index contributed by atoms with van der Waals surface area (Å²) in [6.45, 7) is 3.69. The van der Waals surface area contributed by atoms with Gasteiger partial charge in [-0.3, -0.25) is 0 Å². The summed E-state index contributed by atoms with van der Waals surface area (Å²) in [6, 6.07) is 6.02. The summed E-state index contributed by atoms with van der Waals surface area (Å²) in [5, 5.41) is 8.61. The molecular weight excluding hydrogens is 298 g/mol. The van der Waals surface area contributed by atoms with Gasteiger partial charge in [-0.25, -0.2) is 17.9 Å². The van der Waals surface area contributed by atoms with Crippen molar-refractivity contribution in [3.8, 4) is 5.75 Å². The second-order valence-electron chi connectivity index (χ2n) is 4.15. The standard InChI is InChI=1S/C13H19NO6S/c1-3-19-11-4-6-12(7-5-11)21(17,18)14-8-9-20-10(2)13(15)16/h4-7,10,14H,3,8-9H2,1-2H3,(H,15,16). The van der Waals surface area contributed by atoms with Crippen LogP contribution in [-0.2, 0) is 19.6 Å². The first kappa shape index (κ1) is 17.4. The van der Waals surface area contributed by atoms with Gasteiger partial charge in [0.05, 0.1) is 18.1 Å². The SMILES string of the molecule is CCOc1ccc(S(=O)(=O)NCCOC(C)C(=O)O)cc1. The molecule has 1 aromatic carbocycles. The zero-order chi connectivity index (χ0) is 15.9. The van der Waals surface area contributed by atoms with Gasteiger partial charge in [0.1, 0.15) is 5.75 Å². The molecule has 7 nitrogen and oxygen atoms in total. The Morgan fingerprint density at radius 3 is 2.48 bits per heavy atom. The molecule has 1 unspecified atom stereocenters. The van der Waals surface area contributed by atoms with Gasteiger partial charge >= 0.3 is 5.97 Å². The molecule has 118 valence electrons. The molecular formula is C13H19NO6S. The van der Waals surface area contributed by atoms with Crippen LogP contribution in [0.15, 0.2) is 29.2 Å². The van der Waals surface area contributed by atoms with Gasteiger partial charge in [0.25, 0.3) is 0 Å². The summed E-state index contributed by atoms with van der Waals surface area (Å²) in [4.78, 5) is 10.6. The van der Waals surface area contributed by atoms with E-state index in [4.69, 9.17) is 14.6 Å². The number of sulfonamides is 1. The fourth-order valence-corrected chi connectivity index (χ4v) is 2.46. The molecule has 0 aliphatic rings. The van der Waals surface area contributed by atoms with Crippen molar-refractivity contribution in [2.24, 2.45) is 0 Å². The smallest absolute Gasteiger partial charge is 0.332 e. The maximum Gasteiger partial charge on any atom is 0.332 e. The molecule has 1 aromatic rings. The lowest BCUT2D eigenvalue weighted by Crippen LogP contribution is -2.30. The van der Waals surface area contributed by atoms with Crippen LogP contribution in [0.2, 0.25) is 0 Å². The quantitative estimate of drug-likeness (QED) is 0.655. The number of carbonyl (C=O) groups is 1. The molecule has 0 aliphatic carbocycles. The Morgan fingerprint density at radius 1 is 1.33 bits per heavy atom. The highest BCUT2D eigenvalue weighted by molar-refractivity contribution is 7.89. The molecule has 0 aliphatic heterocycles. The third kappa shape index (κ3) is 5.70. The summed E-state index contributed by atoms with van der Waals surface area (Å²) >= 11 is 0. The van der Waals surface area contributed by atoms with Crippen molar-refractivity contribution in [1.82, 2.24) is 4.72 Å². The fraction of sp³-hybridized carbons (Fsp3) is 0.462. The summed E-state index contributed by atoms with van der Waals surface area (Å²) in [6.07, 6.45) is -0.972. The maximum atomic E-state index is 12.0. The Labute approximate surface area is 123 Å². The van der Waals surface area contributed by atoms with E-state index >= 15 is 0 Å². The van der Waals surface area contributed by atoms with Gasteiger partial charge in [-0.05, 0) is 38.1 Å². The second-order valence-corrected chi connectivity index (χ2v) is 5.92. The highest BCUT2D eigenvalue weighted by Crippen LogP contribution is 2.15. The number of ether oxygens (including phenoxy) is 2. The number of carboxylic acids is 1. The minimum absolute atomic E-state index is 0.00678. The molecule has 0 heterocycles. The average molecular weight is 317 g/mol. The number of hydrogen-bond donors (Lipinski definition) is 2. The number of hydrogen-bond acceptors (Lipinski definition) is 5. The molecule has 1 rings (SSSR count). The van der Waals surface area contributed by atoms with E-state index in [0.717, 1.165) is 0 Å². The fourth-order valence-electron chi connectivity index (χ4n) is 1.45. The van der Waals surface area contributed by atoms with E-state index in [0.29, 0.717) is 12.4 Å². The van der Waals surface area contributed by atoms with Crippen molar-refractivity contribution in [1.29, 1.82) is 0 Å². The lowest BCUT2D eigenvalue weighted by atomic mass is 10.3. The first-order chi connectivity index (χ1) is 9.86. The van der Waals surface area contributed by atoms with Crippen LogP contribution in [-0.4, -0.2) is 45.4 Å². The molecule has 8 heteroatoms. The first-order valence-corrected chi connectivity index (χ1v) is 7.92. The van der Waals surface area contributed by atoms with Gasteiger partial charge in [0.2, 0.25) is 10.0 Å².